The number of hydrogen-bond donors (Lipinski definition) is 2. The summed E-state index contributed by atoms with van der Waals surface area (Å²) in [5, 5.41) is 0.958. The first-order valence-corrected chi connectivity index (χ1v) is 7.24. The van der Waals surface area contributed by atoms with E-state index in [0.29, 0.717) is 5.56 Å². The summed E-state index contributed by atoms with van der Waals surface area (Å²) in [4.78, 5) is 26.9. The predicted octanol–water partition coefficient (Wildman–Crippen LogP) is 2.48. The summed E-state index contributed by atoms with van der Waals surface area (Å²) < 4.78 is 5.29. The number of aromatic nitrogens is 1. The quantitative estimate of drug-likeness (QED) is 0.710. The van der Waals surface area contributed by atoms with Crippen molar-refractivity contribution in [3.05, 3.63) is 71.9 Å². The van der Waals surface area contributed by atoms with Crippen LogP contribution in [0.25, 0.3) is 10.9 Å². The number of amides is 1. The molecule has 0 aliphatic rings. The van der Waals surface area contributed by atoms with Gasteiger partial charge in [0, 0.05) is 22.7 Å². The summed E-state index contributed by atoms with van der Waals surface area (Å²) in [6.45, 7) is 0. The van der Waals surface area contributed by atoms with Gasteiger partial charge in [0.2, 0.25) is 6.10 Å². The molecule has 1 amide bonds. The summed E-state index contributed by atoms with van der Waals surface area (Å²) in [7, 11) is 0. The fourth-order valence-corrected chi connectivity index (χ4v) is 2.52. The van der Waals surface area contributed by atoms with Crippen LogP contribution in [-0.4, -0.2) is 16.9 Å². The van der Waals surface area contributed by atoms with E-state index in [1.165, 1.54) is 0 Å². The van der Waals surface area contributed by atoms with Gasteiger partial charge in [0.05, 0.1) is 6.42 Å². The standard InChI is InChI=1S/C18H16N2O3/c19-18(22)17(12-6-2-1-3-7-12)23-16(21)10-13-11-20-15-9-5-4-8-14(13)15/h1-9,11,17,20H,10H2,(H2,19,22)/t17-/m0/s1. The number of esters is 1. The molecule has 5 nitrogen and oxygen atoms in total. The second-order valence-electron chi connectivity index (χ2n) is 5.22. The lowest BCUT2D eigenvalue weighted by Gasteiger charge is -2.14. The fourth-order valence-electron chi connectivity index (χ4n) is 2.52. The van der Waals surface area contributed by atoms with Gasteiger partial charge in [0.15, 0.2) is 0 Å². The second-order valence-corrected chi connectivity index (χ2v) is 5.22. The first kappa shape index (κ1) is 14.8. The minimum Gasteiger partial charge on any atom is -0.447 e. The van der Waals surface area contributed by atoms with Crippen LogP contribution >= 0.6 is 0 Å². The van der Waals surface area contributed by atoms with Crippen LogP contribution in [-0.2, 0) is 20.7 Å². The number of ether oxygens (including phenoxy) is 1. The van der Waals surface area contributed by atoms with Gasteiger partial charge in [0.1, 0.15) is 0 Å². The summed E-state index contributed by atoms with van der Waals surface area (Å²) in [5.41, 5.74) is 7.69. The number of carbonyl (C=O) groups is 2. The maximum Gasteiger partial charge on any atom is 0.311 e. The molecule has 0 aliphatic heterocycles. The number of primary amides is 1. The zero-order valence-corrected chi connectivity index (χ0v) is 12.4. The van der Waals surface area contributed by atoms with Crippen molar-refractivity contribution in [2.24, 2.45) is 5.73 Å². The van der Waals surface area contributed by atoms with E-state index in [1.807, 2.05) is 30.3 Å². The van der Waals surface area contributed by atoms with Crippen molar-refractivity contribution in [2.75, 3.05) is 0 Å². The van der Waals surface area contributed by atoms with E-state index in [-0.39, 0.29) is 6.42 Å². The largest absolute Gasteiger partial charge is 0.447 e. The average Bonchev–Trinajstić information content (AvgIpc) is 2.96. The number of aromatic amines is 1. The molecule has 3 N–H and O–H groups in total. The number of benzene rings is 2. The van der Waals surface area contributed by atoms with Gasteiger partial charge in [-0.3, -0.25) is 9.59 Å². The van der Waals surface area contributed by atoms with E-state index in [1.54, 1.807) is 30.5 Å². The van der Waals surface area contributed by atoms with E-state index in [9.17, 15) is 9.59 Å². The Morgan fingerprint density at radius 3 is 2.48 bits per heavy atom. The highest BCUT2D eigenvalue weighted by molar-refractivity contribution is 5.88. The van der Waals surface area contributed by atoms with E-state index in [0.717, 1.165) is 16.5 Å². The Kier molecular flexibility index (Phi) is 4.10. The van der Waals surface area contributed by atoms with Gasteiger partial charge in [-0.1, -0.05) is 48.5 Å². The van der Waals surface area contributed by atoms with Crippen LogP contribution in [0.1, 0.15) is 17.2 Å². The monoisotopic (exact) mass is 308 g/mol. The maximum atomic E-state index is 12.2. The molecule has 5 heteroatoms. The lowest BCUT2D eigenvalue weighted by Crippen LogP contribution is -2.26. The molecule has 0 radical (unpaired) electrons. The molecular weight excluding hydrogens is 292 g/mol. The number of fused-ring (bicyclic) bond motifs is 1. The van der Waals surface area contributed by atoms with Crippen LogP contribution in [0.5, 0.6) is 0 Å². The highest BCUT2D eigenvalue weighted by atomic mass is 16.5. The Morgan fingerprint density at radius 1 is 1.04 bits per heavy atom. The number of H-pyrrole nitrogens is 1. The van der Waals surface area contributed by atoms with Gasteiger partial charge in [-0.15, -0.1) is 0 Å². The Bertz CT molecular complexity index is 840. The van der Waals surface area contributed by atoms with Crippen molar-refractivity contribution in [2.45, 2.75) is 12.5 Å². The highest BCUT2D eigenvalue weighted by Gasteiger charge is 2.22. The van der Waals surface area contributed by atoms with Crippen molar-refractivity contribution in [1.82, 2.24) is 4.98 Å². The SMILES string of the molecule is NC(=O)[C@@H](OC(=O)Cc1c[nH]c2ccccc12)c1ccccc1. The van der Waals surface area contributed by atoms with Gasteiger partial charge in [-0.25, -0.2) is 0 Å². The average molecular weight is 308 g/mol. The Morgan fingerprint density at radius 2 is 1.74 bits per heavy atom. The zero-order valence-electron chi connectivity index (χ0n) is 12.4. The fraction of sp³-hybridized carbons (Fsp3) is 0.111. The molecule has 116 valence electrons. The highest BCUT2D eigenvalue weighted by Crippen LogP contribution is 2.21. The number of para-hydroxylation sites is 1. The summed E-state index contributed by atoms with van der Waals surface area (Å²) in [6, 6.07) is 16.4. The van der Waals surface area contributed by atoms with Crippen molar-refractivity contribution in [3.8, 4) is 0 Å². The normalized spacial score (nSPS) is 12.0. The van der Waals surface area contributed by atoms with Crippen LogP contribution in [0.15, 0.2) is 60.8 Å². The van der Waals surface area contributed by atoms with Gasteiger partial charge in [0.25, 0.3) is 5.91 Å². The van der Waals surface area contributed by atoms with Crippen LogP contribution in [0.4, 0.5) is 0 Å². The summed E-state index contributed by atoms with van der Waals surface area (Å²) in [6.07, 6.45) is 0.767. The molecule has 23 heavy (non-hydrogen) atoms. The molecule has 3 aromatic rings. The maximum absolute atomic E-state index is 12.2. The second kappa shape index (κ2) is 6.36. The molecule has 0 unspecified atom stereocenters. The van der Waals surface area contributed by atoms with Crippen molar-refractivity contribution in [3.63, 3.8) is 0 Å². The number of nitrogens with two attached hydrogens (primary N) is 1. The third-order valence-electron chi connectivity index (χ3n) is 3.62. The molecule has 0 aliphatic carbocycles. The van der Waals surface area contributed by atoms with Crippen LogP contribution in [0.3, 0.4) is 0 Å². The Hall–Kier alpha value is -3.08. The van der Waals surface area contributed by atoms with E-state index >= 15 is 0 Å². The van der Waals surface area contributed by atoms with Gasteiger partial charge < -0.3 is 15.5 Å². The molecule has 0 fully saturated rings. The number of rotatable bonds is 5. The van der Waals surface area contributed by atoms with Crippen LogP contribution < -0.4 is 5.73 Å². The number of nitrogens with one attached hydrogen (secondary N) is 1. The number of hydrogen-bond acceptors (Lipinski definition) is 3. The third kappa shape index (κ3) is 3.23. The van der Waals surface area contributed by atoms with Crippen molar-refractivity contribution in [1.29, 1.82) is 0 Å². The zero-order chi connectivity index (χ0) is 16.2. The molecule has 2 aromatic carbocycles. The molecular formula is C18H16N2O3. The summed E-state index contributed by atoms with van der Waals surface area (Å²) >= 11 is 0. The van der Waals surface area contributed by atoms with E-state index in [4.69, 9.17) is 10.5 Å². The molecule has 0 spiro atoms. The van der Waals surface area contributed by atoms with Gasteiger partial charge in [-0.05, 0) is 11.6 Å². The Balaban J connectivity index is 1.76. The molecule has 3 rings (SSSR count). The first-order valence-electron chi connectivity index (χ1n) is 7.24. The van der Waals surface area contributed by atoms with Crippen LogP contribution in [0.2, 0.25) is 0 Å². The third-order valence-corrected chi connectivity index (χ3v) is 3.62. The first-order chi connectivity index (χ1) is 11.1. The Labute approximate surface area is 133 Å². The van der Waals surface area contributed by atoms with Gasteiger partial charge in [-0.2, -0.15) is 0 Å². The van der Waals surface area contributed by atoms with Gasteiger partial charge >= 0.3 is 5.97 Å². The molecule has 0 saturated heterocycles. The van der Waals surface area contributed by atoms with Crippen molar-refractivity contribution >= 4 is 22.8 Å². The van der Waals surface area contributed by atoms with E-state index < -0.39 is 18.0 Å². The number of carbonyl (C=O) groups excluding carboxylic acids is 2. The molecule has 1 aromatic heterocycles. The molecule has 0 bridgehead atoms. The lowest BCUT2D eigenvalue weighted by atomic mass is 10.1. The van der Waals surface area contributed by atoms with Crippen LogP contribution in [0, 0.1) is 0 Å². The minimum absolute atomic E-state index is 0.0701. The lowest BCUT2D eigenvalue weighted by molar-refractivity contribution is -0.154. The van der Waals surface area contributed by atoms with E-state index in [2.05, 4.69) is 4.98 Å². The topological polar surface area (TPSA) is 85.2 Å². The molecule has 1 heterocycles. The van der Waals surface area contributed by atoms with Crippen molar-refractivity contribution < 1.29 is 14.3 Å². The molecule has 0 saturated carbocycles. The minimum atomic E-state index is -1.08. The predicted molar refractivity (Wildman–Crippen MR) is 86.5 cm³/mol. The smallest absolute Gasteiger partial charge is 0.311 e. The molecule has 1 atom stereocenters. The summed E-state index contributed by atoms with van der Waals surface area (Å²) in [5.74, 6) is -1.19.